The second-order valence-electron chi connectivity index (χ2n) is 6.41. The average Bonchev–Trinajstić information content (AvgIpc) is 3.30. The summed E-state index contributed by atoms with van der Waals surface area (Å²) in [6.45, 7) is -2.98. The van der Waals surface area contributed by atoms with E-state index in [1.54, 1.807) is 25.7 Å². The number of halogens is 2. The lowest BCUT2D eigenvalue weighted by Gasteiger charge is -2.10. The van der Waals surface area contributed by atoms with Crippen LogP contribution in [-0.2, 0) is 16.1 Å². The first-order valence-electron chi connectivity index (χ1n) is 9.58. The summed E-state index contributed by atoms with van der Waals surface area (Å²) in [5, 5.41) is 2.49. The number of carbonyl (C=O) groups excluding carboxylic acids is 1. The zero-order valence-electron chi connectivity index (χ0n) is 18.0. The summed E-state index contributed by atoms with van der Waals surface area (Å²) >= 11 is 1.39. The van der Waals surface area contributed by atoms with Crippen LogP contribution >= 0.6 is 11.3 Å². The van der Waals surface area contributed by atoms with Crippen LogP contribution in [0.1, 0.15) is 11.3 Å². The molecule has 0 amide bonds. The van der Waals surface area contributed by atoms with Crippen molar-refractivity contribution in [2.75, 3.05) is 21.3 Å². The molecule has 0 spiro atoms. The van der Waals surface area contributed by atoms with E-state index in [4.69, 9.17) is 18.9 Å². The second kappa shape index (κ2) is 11.3. The van der Waals surface area contributed by atoms with Gasteiger partial charge in [0, 0.05) is 11.5 Å². The van der Waals surface area contributed by atoms with Crippen LogP contribution in [0, 0.1) is 0 Å². The van der Waals surface area contributed by atoms with Crippen molar-refractivity contribution >= 4 is 23.4 Å². The molecule has 0 fully saturated rings. The van der Waals surface area contributed by atoms with Gasteiger partial charge in [0.25, 0.3) is 0 Å². The molecule has 1 aromatic heterocycles. The van der Waals surface area contributed by atoms with Gasteiger partial charge in [-0.1, -0.05) is 12.1 Å². The monoisotopic (exact) mass is 477 g/mol. The predicted octanol–water partition coefficient (Wildman–Crippen LogP) is 5.19. The van der Waals surface area contributed by atoms with Crippen LogP contribution in [0.25, 0.3) is 16.6 Å². The fraction of sp³-hybridized carbons (Fsp3) is 0.217. The molecular weight excluding hydrogens is 456 g/mol. The first-order valence-corrected chi connectivity index (χ1v) is 10.5. The molecule has 0 unspecified atom stereocenters. The van der Waals surface area contributed by atoms with Crippen LogP contribution in [0.15, 0.2) is 47.9 Å². The maximum absolute atomic E-state index is 12.4. The summed E-state index contributed by atoms with van der Waals surface area (Å²) in [4.78, 5) is 16.6. The molecule has 1 heterocycles. The Labute approximate surface area is 193 Å². The van der Waals surface area contributed by atoms with Crippen LogP contribution in [-0.4, -0.2) is 38.9 Å². The summed E-state index contributed by atoms with van der Waals surface area (Å²) < 4.78 is 50.2. The van der Waals surface area contributed by atoms with E-state index in [2.05, 4.69) is 9.72 Å². The number of thiazole rings is 1. The van der Waals surface area contributed by atoms with Gasteiger partial charge in [0.1, 0.15) is 11.6 Å². The van der Waals surface area contributed by atoms with Gasteiger partial charge < -0.3 is 23.7 Å². The predicted molar refractivity (Wildman–Crippen MR) is 119 cm³/mol. The number of nitrogens with zero attached hydrogens (tertiary/aromatic N) is 1. The molecule has 2 aromatic carbocycles. The molecule has 0 aliphatic heterocycles. The van der Waals surface area contributed by atoms with E-state index in [-0.39, 0.29) is 18.1 Å². The minimum Gasteiger partial charge on any atom is -0.493 e. The van der Waals surface area contributed by atoms with Gasteiger partial charge in [0.15, 0.2) is 23.0 Å². The van der Waals surface area contributed by atoms with Gasteiger partial charge in [-0.3, -0.25) is 0 Å². The highest BCUT2D eigenvalue weighted by Crippen LogP contribution is 2.39. The third-order valence-corrected chi connectivity index (χ3v) is 5.29. The second-order valence-corrected chi connectivity index (χ2v) is 7.27. The van der Waals surface area contributed by atoms with Gasteiger partial charge in [-0.15, -0.1) is 11.3 Å². The number of benzene rings is 2. The van der Waals surface area contributed by atoms with Crippen molar-refractivity contribution in [1.29, 1.82) is 0 Å². The molecule has 0 N–H and O–H groups in total. The highest BCUT2D eigenvalue weighted by atomic mass is 32.1. The molecule has 0 radical (unpaired) electrons. The minimum atomic E-state index is -2.97. The molecule has 0 saturated heterocycles. The number of ether oxygens (including phenoxy) is 5. The molecule has 3 aromatic rings. The third kappa shape index (κ3) is 6.19. The van der Waals surface area contributed by atoms with Crippen molar-refractivity contribution in [3.63, 3.8) is 0 Å². The van der Waals surface area contributed by atoms with E-state index in [1.165, 1.54) is 48.8 Å². The number of hydrogen-bond acceptors (Lipinski definition) is 8. The number of aromatic nitrogens is 1. The fourth-order valence-corrected chi connectivity index (χ4v) is 3.72. The largest absolute Gasteiger partial charge is 0.493 e. The number of alkyl halides is 2. The molecule has 0 bridgehead atoms. The van der Waals surface area contributed by atoms with Gasteiger partial charge in [-0.2, -0.15) is 8.78 Å². The van der Waals surface area contributed by atoms with Gasteiger partial charge in [-0.25, -0.2) is 9.78 Å². The number of hydrogen-bond donors (Lipinski definition) is 0. The van der Waals surface area contributed by atoms with E-state index < -0.39 is 12.6 Å². The Morgan fingerprint density at radius 1 is 1.06 bits per heavy atom. The maximum atomic E-state index is 12.4. The summed E-state index contributed by atoms with van der Waals surface area (Å²) in [7, 11) is 4.45. The number of esters is 1. The van der Waals surface area contributed by atoms with Gasteiger partial charge in [0.05, 0.1) is 32.6 Å². The first-order chi connectivity index (χ1) is 15.9. The van der Waals surface area contributed by atoms with Crippen LogP contribution < -0.4 is 18.9 Å². The van der Waals surface area contributed by atoms with Crippen LogP contribution in [0.5, 0.6) is 23.0 Å². The fourth-order valence-electron chi connectivity index (χ4n) is 2.89. The lowest BCUT2D eigenvalue weighted by atomic mass is 10.2. The highest BCUT2D eigenvalue weighted by molar-refractivity contribution is 7.13. The van der Waals surface area contributed by atoms with Crippen LogP contribution in [0.4, 0.5) is 8.78 Å². The lowest BCUT2D eigenvalue weighted by Crippen LogP contribution is -2.03. The maximum Gasteiger partial charge on any atom is 0.387 e. The Morgan fingerprint density at radius 3 is 2.55 bits per heavy atom. The number of rotatable bonds is 10. The first kappa shape index (κ1) is 24.0. The normalized spacial score (nSPS) is 11.0. The minimum absolute atomic E-state index is 0.0174. The smallest absolute Gasteiger partial charge is 0.387 e. The zero-order chi connectivity index (χ0) is 23.8. The molecule has 0 aliphatic carbocycles. The molecule has 0 aliphatic rings. The topological polar surface area (TPSA) is 76.1 Å². The van der Waals surface area contributed by atoms with Crippen molar-refractivity contribution in [3.05, 3.63) is 59.1 Å². The van der Waals surface area contributed by atoms with Crippen molar-refractivity contribution in [2.24, 2.45) is 0 Å². The van der Waals surface area contributed by atoms with Gasteiger partial charge in [-0.05, 0) is 35.9 Å². The summed E-state index contributed by atoms with van der Waals surface area (Å²) in [5.74, 6) is 0.596. The number of para-hydroxylation sites is 1. The zero-order valence-corrected chi connectivity index (χ0v) is 18.9. The quantitative estimate of drug-likeness (QED) is 0.294. The van der Waals surface area contributed by atoms with Crippen molar-refractivity contribution in [3.8, 4) is 33.6 Å². The molecule has 3 rings (SSSR count). The Bertz CT molecular complexity index is 1130. The SMILES string of the molecule is COc1cc(/C=C/C(=O)OCc2csc(-c3cccc(OC)c3OC)n2)ccc1OC(F)F. The Hall–Kier alpha value is -3.66. The van der Waals surface area contributed by atoms with E-state index in [0.717, 1.165) is 5.56 Å². The van der Waals surface area contributed by atoms with E-state index >= 15 is 0 Å². The van der Waals surface area contributed by atoms with Crippen molar-refractivity contribution in [1.82, 2.24) is 4.98 Å². The average molecular weight is 477 g/mol. The Morgan fingerprint density at radius 2 is 1.85 bits per heavy atom. The summed E-state index contributed by atoms with van der Waals surface area (Å²) in [5.41, 5.74) is 1.90. The van der Waals surface area contributed by atoms with Crippen LogP contribution in [0.3, 0.4) is 0 Å². The third-order valence-electron chi connectivity index (χ3n) is 4.36. The molecule has 174 valence electrons. The molecule has 0 saturated carbocycles. The number of methoxy groups -OCH3 is 3. The van der Waals surface area contributed by atoms with E-state index in [0.29, 0.717) is 27.8 Å². The molecular formula is C23H21F2NO6S. The van der Waals surface area contributed by atoms with Gasteiger partial charge in [0.2, 0.25) is 0 Å². The molecule has 0 atom stereocenters. The van der Waals surface area contributed by atoms with E-state index in [9.17, 15) is 13.6 Å². The van der Waals surface area contributed by atoms with Crippen LogP contribution in [0.2, 0.25) is 0 Å². The molecule has 7 nitrogen and oxygen atoms in total. The Kier molecular flexibility index (Phi) is 8.20. The summed E-state index contributed by atoms with van der Waals surface area (Å²) in [6.07, 6.45) is 2.70. The van der Waals surface area contributed by atoms with Crippen molar-refractivity contribution in [2.45, 2.75) is 13.2 Å². The van der Waals surface area contributed by atoms with Crippen molar-refractivity contribution < 1.29 is 37.3 Å². The molecule has 33 heavy (non-hydrogen) atoms. The van der Waals surface area contributed by atoms with Gasteiger partial charge >= 0.3 is 12.6 Å². The molecule has 10 heteroatoms. The standard InChI is InChI=1S/C23H21F2NO6S/c1-28-18-6-4-5-16(21(18)30-3)22-26-15(13-33-22)12-31-20(27)10-8-14-7-9-17(32-23(24)25)19(11-14)29-2/h4-11,13,23H,12H2,1-3H3/b10-8+. The number of carbonyl (C=O) groups is 1. The van der Waals surface area contributed by atoms with E-state index in [1.807, 2.05) is 12.1 Å². The highest BCUT2D eigenvalue weighted by Gasteiger charge is 2.15. The summed E-state index contributed by atoms with van der Waals surface area (Å²) in [6, 6.07) is 9.81. The lowest BCUT2D eigenvalue weighted by molar-refractivity contribution is -0.139. The Balaban J connectivity index is 1.62.